The molecular weight excluding hydrogens is 284 g/mol. The second kappa shape index (κ2) is 7.18. The molecule has 0 saturated heterocycles. The summed E-state index contributed by atoms with van der Waals surface area (Å²) in [7, 11) is 0. The quantitative estimate of drug-likeness (QED) is 0.818. The van der Waals surface area contributed by atoms with Crippen molar-refractivity contribution in [2.24, 2.45) is 0 Å². The van der Waals surface area contributed by atoms with Gasteiger partial charge in [0.15, 0.2) is 0 Å². The Hall–Kier alpha value is -1.94. The van der Waals surface area contributed by atoms with Gasteiger partial charge in [0.25, 0.3) is 0 Å². The molecule has 21 heavy (non-hydrogen) atoms. The largest absolute Gasteiger partial charge is 0.492 e. The SMILES string of the molecule is CSc1ccc(C(=O)O)cc1OCCc1cccc(C)c1. The van der Waals surface area contributed by atoms with Crippen LogP contribution >= 0.6 is 11.8 Å². The highest BCUT2D eigenvalue weighted by Gasteiger charge is 2.09. The smallest absolute Gasteiger partial charge is 0.335 e. The number of carbonyl (C=O) groups is 1. The fraction of sp³-hybridized carbons (Fsp3) is 0.235. The lowest BCUT2D eigenvalue weighted by atomic mass is 10.1. The third-order valence-electron chi connectivity index (χ3n) is 3.14. The topological polar surface area (TPSA) is 46.5 Å². The first-order chi connectivity index (χ1) is 10.1. The number of carboxylic acid groups (broad SMARTS) is 1. The first-order valence-corrected chi connectivity index (χ1v) is 7.92. The average Bonchev–Trinajstić information content (AvgIpc) is 2.47. The molecule has 0 aliphatic heterocycles. The molecule has 0 spiro atoms. The summed E-state index contributed by atoms with van der Waals surface area (Å²) < 4.78 is 5.78. The minimum atomic E-state index is -0.939. The molecule has 2 aromatic carbocycles. The van der Waals surface area contributed by atoms with Crippen LogP contribution in [0.5, 0.6) is 5.75 Å². The normalized spacial score (nSPS) is 10.4. The third-order valence-corrected chi connectivity index (χ3v) is 3.92. The monoisotopic (exact) mass is 302 g/mol. The molecular formula is C17H18O3S. The lowest BCUT2D eigenvalue weighted by molar-refractivity contribution is 0.0696. The van der Waals surface area contributed by atoms with Crippen LogP contribution in [0.4, 0.5) is 0 Å². The molecule has 0 aliphatic carbocycles. The molecule has 1 N–H and O–H groups in total. The number of rotatable bonds is 6. The van der Waals surface area contributed by atoms with Gasteiger partial charge in [-0.05, 0) is 36.9 Å². The predicted octanol–water partition coefficient (Wildman–Crippen LogP) is 4.04. The number of hydrogen-bond donors (Lipinski definition) is 1. The number of carboxylic acids is 1. The van der Waals surface area contributed by atoms with Gasteiger partial charge in [-0.25, -0.2) is 4.79 Å². The Bertz CT molecular complexity index is 638. The first kappa shape index (κ1) is 15.4. The highest BCUT2D eigenvalue weighted by atomic mass is 32.2. The van der Waals surface area contributed by atoms with Crippen LogP contribution in [0.25, 0.3) is 0 Å². The Labute approximate surface area is 129 Å². The molecule has 2 aromatic rings. The molecule has 0 unspecified atom stereocenters. The molecule has 0 atom stereocenters. The van der Waals surface area contributed by atoms with Crippen LogP contribution in [0, 0.1) is 6.92 Å². The summed E-state index contributed by atoms with van der Waals surface area (Å²) in [5.74, 6) is -0.304. The zero-order chi connectivity index (χ0) is 15.2. The number of aromatic carboxylic acids is 1. The van der Waals surface area contributed by atoms with Gasteiger partial charge in [-0.3, -0.25) is 0 Å². The summed E-state index contributed by atoms with van der Waals surface area (Å²) >= 11 is 1.55. The Morgan fingerprint density at radius 1 is 1.24 bits per heavy atom. The summed E-state index contributed by atoms with van der Waals surface area (Å²) in [6, 6.07) is 13.3. The lowest BCUT2D eigenvalue weighted by Crippen LogP contribution is -2.04. The second-order valence-corrected chi connectivity index (χ2v) is 5.61. The van der Waals surface area contributed by atoms with E-state index < -0.39 is 5.97 Å². The van der Waals surface area contributed by atoms with E-state index in [0.29, 0.717) is 12.4 Å². The zero-order valence-electron chi connectivity index (χ0n) is 12.1. The summed E-state index contributed by atoms with van der Waals surface area (Å²) in [6.45, 7) is 2.59. The van der Waals surface area contributed by atoms with Crippen molar-refractivity contribution < 1.29 is 14.6 Å². The predicted molar refractivity (Wildman–Crippen MR) is 85.6 cm³/mol. The van der Waals surface area contributed by atoms with Crippen LogP contribution in [-0.2, 0) is 6.42 Å². The fourth-order valence-electron chi connectivity index (χ4n) is 2.07. The van der Waals surface area contributed by atoms with Gasteiger partial charge in [0.2, 0.25) is 0 Å². The standard InChI is InChI=1S/C17H18O3S/c1-12-4-3-5-13(10-12)8-9-20-15-11-14(17(18)19)6-7-16(15)21-2/h3-7,10-11H,8-9H2,1-2H3,(H,18,19). The van der Waals surface area contributed by atoms with Crippen molar-refractivity contribution in [1.82, 2.24) is 0 Å². The van der Waals surface area contributed by atoms with E-state index in [9.17, 15) is 4.79 Å². The zero-order valence-corrected chi connectivity index (χ0v) is 12.9. The minimum Gasteiger partial charge on any atom is -0.492 e. The molecule has 0 heterocycles. The molecule has 110 valence electrons. The van der Waals surface area contributed by atoms with Gasteiger partial charge in [-0.1, -0.05) is 29.8 Å². The van der Waals surface area contributed by atoms with Crippen LogP contribution in [0.3, 0.4) is 0 Å². The Balaban J connectivity index is 2.05. The summed E-state index contributed by atoms with van der Waals surface area (Å²) in [6.07, 6.45) is 2.75. The maximum atomic E-state index is 11.0. The maximum absolute atomic E-state index is 11.0. The van der Waals surface area contributed by atoms with Crippen molar-refractivity contribution in [3.05, 3.63) is 59.2 Å². The van der Waals surface area contributed by atoms with E-state index >= 15 is 0 Å². The highest BCUT2D eigenvalue weighted by Crippen LogP contribution is 2.28. The molecule has 0 bridgehead atoms. The summed E-state index contributed by atoms with van der Waals surface area (Å²) in [5, 5.41) is 9.04. The average molecular weight is 302 g/mol. The van der Waals surface area contributed by atoms with Crippen molar-refractivity contribution in [3.63, 3.8) is 0 Å². The number of hydrogen-bond acceptors (Lipinski definition) is 3. The number of thioether (sulfide) groups is 1. The summed E-state index contributed by atoms with van der Waals surface area (Å²) in [4.78, 5) is 12.0. The van der Waals surface area contributed by atoms with E-state index in [1.54, 1.807) is 30.0 Å². The molecule has 0 aromatic heterocycles. The van der Waals surface area contributed by atoms with Crippen molar-refractivity contribution in [3.8, 4) is 5.75 Å². The maximum Gasteiger partial charge on any atom is 0.335 e. The van der Waals surface area contributed by atoms with Gasteiger partial charge >= 0.3 is 5.97 Å². The van der Waals surface area contributed by atoms with E-state index in [4.69, 9.17) is 9.84 Å². The number of aryl methyl sites for hydroxylation is 1. The molecule has 4 heteroatoms. The van der Waals surface area contributed by atoms with Gasteiger partial charge in [0, 0.05) is 11.3 Å². The number of benzene rings is 2. The molecule has 0 radical (unpaired) electrons. The van der Waals surface area contributed by atoms with Crippen LogP contribution in [0.1, 0.15) is 21.5 Å². The van der Waals surface area contributed by atoms with Crippen molar-refractivity contribution in [1.29, 1.82) is 0 Å². The van der Waals surface area contributed by atoms with Crippen molar-refractivity contribution in [2.45, 2.75) is 18.2 Å². The van der Waals surface area contributed by atoms with E-state index in [1.807, 2.05) is 12.3 Å². The fourth-order valence-corrected chi connectivity index (χ4v) is 2.59. The van der Waals surface area contributed by atoms with E-state index in [0.717, 1.165) is 11.3 Å². The lowest BCUT2D eigenvalue weighted by Gasteiger charge is -2.11. The van der Waals surface area contributed by atoms with Crippen molar-refractivity contribution >= 4 is 17.7 Å². The first-order valence-electron chi connectivity index (χ1n) is 6.70. The molecule has 0 saturated carbocycles. The Morgan fingerprint density at radius 3 is 2.71 bits per heavy atom. The van der Waals surface area contributed by atoms with Gasteiger partial charge in [0.1, 0.15) is 5.75 Å². The molecule has 3 nitrogen and oxygen atoms in total. The van der Waals surface area contributed by atoms with Gasteiger partial charge in [-0.15, -0.1) is 11.8 Å². The number of ether oxygens (including phenoxy) is 1. The van der Waals surface area contributed by atoms with E-state index in [1.165, 1.54) is 11.1 Å². The minimum absolute atomic E-state index is 0.248. The van der Waals surface area contributed by atoms with E-state index in [-0.39, 0.29) is 5.56 Å². The van der Waals surface area contributed by atoms with Crippen molar-refractivity contribution in [2.75, 3.05) is 12.9 Å². The second-order valence-electron chi connectivity index (χ2n) is 4.76. The van der Waals surface area contributed by atoms with Crippen LogP contribution in [0.2, 0.25) is 0 Å². The molecule has 2 rings (SSSR count). The third kappa shape index (κ3) is 4.26. The molecule has 0 aliphatic rings. The molecule has 0 fully saturated rings. The van der Waals surface area contributed by atoms with Crippen LogP contribution in [0.15, 0.2) is 47.4 Å². The highest BCUT2D eigenvalue weighted by molar-refractivity contribution is 7.98. The van der Waals surface area contributed by atoms with Gasteiger partial charge in [0.05, 0.1) is 12.2 Å². The molecule has 0 amide bonds. The summed E-state index contributed by atoms with van der Waals surface area (Å²) in [5.41, 5.74) is 2.69. The van der Waals surface area contributed by atoms with Crippen LogP contribution < -0.4 is 4.74 Å². The van der Waals surface area contributed by atoms with Gasteiger partial charge in [-0.2, -0.15) is 0 Å². The van der Waals surface area contributed by atoms with Gasteiger partial charge < -0.3 is 9.84 Å². The Kier molecular flexibility index (Phi) is 5.28. The Morgan fingerprint density at radius 2 is 2.05 bits per heavy atom. The van der Waals surface area contributed by atoms with E-state index in [2.05, 4.69) is 25.1 Å². The van der Waals surface area contributed by atoms with Crippen LogP contribution in [-0.4, -0.2) is 23.9 Å².